The second kappa shape index (κ2) is 6.90. The number of hydrogen-bond acceptors (Lipinski definition) is 4. The molecule has 8 heteroatoms. The lowest BCUT2D eigenvalue weighted by Gasteiger charge is -2.38. The summed E-state index contributed by atoms with van der Waals surface area (Å²) in [5.41, 5.74) is -3.78. The number of aliphatic hydroxyl groups is 2. The highest BCUT2D eigenvalue weighted by Gasteiger charge is 2.51. The van der Waals surface area contributed by atoms with Crippen LogP contribution in [0.1, 0.15) is 29.7 Å². The summed E-state index contributed by atoms with van der Waals surface area (Å²) in [5.74, 6) is -1.42. The Morgan fingerprint density at radius 1 is 1.35 bits per heavy atom. The Morgan fingerprint density at radius 3 is 2.81 bits per heavy atom. The molecule has 0 saturated carbocycles. The van der Waals surface area contributed by atoms with E-state index in [2.05, 4.69) is 10.3 Å². The zero-order valence-corrected chi connectivity index (χ0v) is 14.4. The minimum absolute atomic E-state index is 0.0498. The SMILES string of the molecule is O=C(NCc1ccc(F)cc1Cl)[C@]1(F)CCC(O)(CO)c2ncccc21. The summed E-state index contributed by atoms with van der Waals surface area (Å²) in [4.78, 5) is 16.5. The van der Waals surface area contributed by atoms with Crippen LogP contribution in [0.2, 0.25) is 5.02 Å². The van der Waals surface area contributed by atoms with Gasteiger partial charge >= 0.3 is 0 Å². The zero-order valence-electron chi connectivity index (χ0n) is 13.7. The Morgan fingerprint density at radius 2 is 2.12 bits per heavy atom. The largest absolute Gasteiger partial charge is 0.393 e. The van der Waals surface area contributed by atoms with Crippen molar-refractivity contribution >= 4 is 17.5 Å². The van der Waals surface area contributed by atoms with E-state index in [0.29, 0.717) is 5.56 Å². The van der Waals surface area contributed by atoms with Crippen LogP contribution in [-0.2, 0) is 22.6 Å². The lowest BCUT2D eigenvalue weighted by molar-refractivity contribution is -0.138. The first kappa shape index (κ1) is 18.7. The molecule has 0 aliphatic heterocycles. The van der Waals surface area contributed by atoms with Gasteiger partial charge in [0.25, 0.3) is 5.91 Å². The first-order chi connectivity index (χ1) is 12.3. The van der Waals surface area contributed by atoms with Gasteiger partial charge in [0.05, 0.1) is 12.3 Å². The molecule has 2 aromatic rings. The van der Waals surface area contributed by atoms with E-state index in [4.69, 9.17) is 11.6 Å². The predicted molar refractivity (Wildman–Crippen MR) is 90.5 cm³/mol. The van der Waals surface area contributed by atoms with Gasteiger partial charge in [-0.2, -0.15) is 0 Å². The van der Waals surface area contributed by atoms with Gasteiger partial charge in [0.1, 0.15) is 11.4 Å². The normalized spacial score (nSPS) is 24.8. The minimum atomic E-state index is -2.41. The maximum atomic E-state index is 15.6. The van der Waals surface area contributed by atoms with Crippen molar-refractivity contribution in [3.05, 3.63) is 64.2 Å². The molecule has 1 aromatic carbocycles. The number of alkyl halides is 1. The van der Waals surface area contributed by atoms with Gasteiger partial charge in [-0.3, -0.25) is 9.78 Å². The molecule has 3 N–H and O–H groups in total. The molecule has 1 aromatic heterocycles. The Bertz CT molecular complexity index is 851. The van der Waals surface area contributed by atoms with Crippen molar-refractivity contribution in [2.75, 3.05) is 6.61 Å². The number of rotatable bonds is 4. The quantitative estimate of drug-likeness (QED) is 0.758. The highest BCUT2D eigenvalue weighted by Crippen LogP contribution is 2.45. The Balaban J connectivity index is 1.85. The fourth-order valence-corrected chi connectivity index (χ4v) is 3.33. The summed E-state index contributed by atoms with van der Waals surface area (Å²) >= 11 is 5.91. The minimum Gasteiger partial charge on any atom is -0.393 e. The molecule has 3 rings (SSSR count). The van der Waals surface area contributed by atoms with E-state index in [-0.39, 0.29) is 35.7 Å². The molecule has 0 radical (unpaired) electrons. The number of fused-ring (bicyclic) bond motifs is 1. The summed E-state index contributed by atoms with van der Waals surface area (Å²) in [6, 6.07) is 6.53. The highest BCUT2D eigenvalue weighted by atomic mass is 35.5. The summed E-state index contributed by atoms with van der Waals surface area (Å²) in [6.45, 7) is -0.705. The van der Waals surface area contributed by atoms with Crippen LogP contribution in [0.15, 0.2) is 36.5 Å². The molecule has 138 valence electrons. The van der Waals surface area contributed by atoms with Crippen LogP contribution >= 0.6 is 11.6 Å². The number of nitrogens with zero attached hydrogens (tertiary/aromatic N) is 1. The molecule has 2 atom stereocenters. The van der Waals surface area contributed by atoms with Crippen molar-refractivity contribution in [3.63, 3.8) is 0 Å². The lowest BCUT2D eigenvalue weighted by Crippen LogP contribution is -2.49. The maximum Gasteiger partial charge on any atom is 0.262 e. The van der Waals surface area contributed by atoms with E-state index in [0.717, 1.165) is 6.07 Å². The predicted octanol–water partition coefficient (Wildman–Crippen LogP) is 2.33. The van der Waals surface area contributed by atoms with Gasteiger partial charge < -0.3 is 15.5 Å². The second-order valence-electron chi connectivity index (χ2n) is 6.31. The number of carbonyl (C=O) groups excluding carboxylic acids is 1. The third-order valence-electron chi connectivity index (χ3n) is 4.63. The van der Waals surface area contributed by atoms with Crippen molar-refractivity contribution in [2.24, 2.45) is 0 Å². The number of nitrogens with one attached hydrogen (secondary N) is 1. The highest BCUT2D eigenvalue weighted by molar-refractivity contribution is 6.31. The van der Waals surface area contributed by atoms with Crippen molar-refractivity contribution in [1.82, 2.24) is 10.3 Å². The standard InChI is InChI=1S/C18H17ClF2N2O3/c19-14-8-12(20)4-3-11(14)9-23-16(25)18(21)6-5-17(26,10-24)15-13(18)2-1-7-22-15/h1-4,7-8,24,26H,5-6,9-10H2,(H,23,25)/t17?,18-/m0/s1. The second-order valence-corrected chi connectivity index (χ2v) is 6.72. The van der Waals surface area contributed by atoms with Crippen molar-refractivity contribution < 1.29 is 23.8 Å². The van der Waals surface area contributed by atoms with Crippen LogP contribution in [0.3, 0.4) is 0 Å². The van der Waals surface area contributed by atoms with Crippen LogP contribution in [0.5, 0.6) is 0 Å². The smallest absolute Gasteiger partial charge is 0.262 e. The number of hydrogen-bond donors (Lipinski definition) is 3. The Hall–Kier alpha value is -2.09. The van der Waals surface area contributed by atoms with E-state index in [1.54, 1.807) is 0 Å². The van der Waals surface area contributed by atoms with Crippen LogP contribution in [0.4, 0.5) is 8.78 Å². The summed E-state index contributed by atoms with van der Waals surface area (Å²) in [6.07, 6.45) is 0.891. The number of aliphatic hydroxyl groups excluding tert-OH is 1. The number of pyridine rings is 1. The molecular formula is C18H17ClF2N2O3. The van der Waals surface area contributed by atoms with E-state index in [1.807, 2.05) is 0 Å². The average molecular weight is 383 g/mol. The van der Waals surface area contributed by atoms with Gasteiger partial charge in [0.2, 0.25) is 5.67 Å². The molecule has 26 heavy (non-hydrogen) atoms. The summed E-state index contributed by atoms with van der Waals surface area (Å²) in [7, 11) is 0. The van der Waals surface area contributed by atoms with Crippen LogP contribution < -0.4 is 5.32 Å². The van der Waals surface area contributed by atoms with Crippen LogP contribution in [-0.4, -0.2) is 27.7 Å². The molecule has 1 heterocycles. The van der Waals surface area contributed by atoms with Gasteiger partial charge in [-0.1, -0.05) is 23.7 Å². The topological polar surface area (TPSA) is 82.5 Å². The van der Waals surface area contributed by atoms with Crippen LogP contribution in [0, 0.1) is 5.82 Å². The van der Waals surface area contributed by atoms with E-state index in [9.17, 15) is 19.4 Å². The Labute approximate surface area is 153 Å². The fourth-order valence-electron chi connectivity index (χ4n) is 3.10. The lowest BCUT2D eigenvalue weighted by atomic mass is 9.74. The molecule has 1 unspecified atom stereocenters. The third kappa shape index (κ3) is 3.18. The van der Waals surface area contributed by atoms with Gasteiger partial charge in [0.15, 0.2) is 0 Å². The van der Waals surface area contributed by atoms with E-state index < -0.39 is 29.6 Å². The number of benzene rings is 1. The first-order valence-electron chi connectivity index (χ1n) is 8.00. The number of carbonyl (C=O) groups is 1. The molecule has 0 saturated heterocycles. The van der Waals surface area contributed by atoms with E-state index in [1.165, 1.54) is 30.5 Å². The van der Waals surface area contributed by atoms with Gasteiger partial charge in [0, 0.05) is 23.3 Å². The van der Waals surface area contributed by atoms with Crippen molar-refractivity contribution in [1.29, 1.82) is 0 Å². The van der Waals surface area contributed by atoms with Crippen LogP contribution in [0.25, 0.3) is 0 Å². The van der Waals surface area contributed by atoms with E-state index >= 15 is 4.39 Å². The summed E-state index contributed by atoms with van der Waals surface area (Å²) in [5, 5.41) is 22.5. The van der Waals surface area contributed by atoms with Crippen molar-refractivity contribution in [3.8, 4) is 0 Å². The zero-order chi connectivity index (χ0) is 18.9. The molecule has 1 aliphatic rings. The Kier molecular flexibility index (Phi) is 4.96. The van der Waals surface area contributed by atoms with Gasteiger partial charge in [-0.15, -0.1) is 0 Å². The number of amides is 1. The monoisotopic (exact) mass is 382 g/mol. The molecule has 0 fully saturated rings. The van der Waals surface area contributed by atoms with Gasteiger partial charge in [-0.25, -0.2) is 8.78 Å². The first-order valence-corrected chi connectivity index (χ1v) is 8.38. The summed E-state index contributed by atoms with van der Waals surface area (Å²) < 4.78 is 28.7. The maximum absolute atomic E-state index is 15.6. The molecule has 0 spiro atoms. The fraction of sp³-hybridized carbons (Fsp3) is 0.333. The molecule has 5 nitrogen and oxygen atoms in total. The third-order valence-corrected chi connectivity index (χ3v) is 4.99. The average Bonchev–Trinajstić information content (AvgIpc) is 2.64. The molecule has 1 amide bonds. The molecule has 0 bridgehead atoms. The molecular weight excluding hydrogens is 366 g/mol. The molecule has 1 aliphatic carbocycles. The van der Waals surface area contributed by atoms with Crippen molar-refractivity contribution in [2.45, 2.75) is 30.7 Å². The number of halogens is 3. The van der Waals surface area contributed by atoms with Gasteiger partial charge in [-0.05, 0) is 36.6 Å². The number of aromatic nitrogens is 1.